The predicted molar refractivity (Wildman–Crippen MR) is 57.6 cm³/mol. The molecular formula is C12H14O2. The van der Waals surface area contributed by atoms with Gasteiger partial charge in [0.15, 0.2) is 0 Å². The van der Waals surface area contributed by atoms with Crippen LogP contribution in [0.1, 0.15) is 11.1 Å². The molecule has 0 aliphatic carbocycles. The maximum Gasteiger partial charge on any atom is 0.122 e. The summed E-state index contributed by atoms with van der Waals surface area (Å²) in [7, 11) is 0. The monoisotopic (exact) mass is 190 g/mol. The number of hydrogen-bond donors (Lipinski definition) is 2. The number of rotatable bonds is 4. The second-order valence-corrected chi connectivity index (χ2v) is 3.10. The van der Waals surface area contributed by atoms with Gasteiger partial charge in [0.2, 0.25) is 0 Å². The van der Waals surface area contributed by atoms with Crippen molar-refractivity contribution in [3.63, 3.8) is 0 Å². The van der Waals surface area contributed by atoms with Crippen molar-refractivity contribution in [3.05, 3.63) is 48.6 Å². The fraction of sp³-hybridized carbons (Fsp3) is 0.167. The molecule has 0 bridgehead atoms. The van der Waals surface area contributed by atoms with Crippen LogP contribution >= 0.6 is 0 Å². The van der Waals surface area contributed by atoms with E-state index >= 15 is 0 Å². The van der Waals surface area contributed by atoms with E-state index in [1.165, 1.54) is 0 Å². The molecule has 74 valence electrons. The van der Waals surface area contributed by atoms with Gasteiger partial charge >= 0.3 is 0 Å². The first-order valence-electron chi connectivity index (χ1n) is 4.44. The van der Waals surface area contributed by atoms with Gasteiger partial charge in [0.25, 0.3) is 0 Å². The van der Waals surface area contributed by atoms with Crippen molar-refractivity contribution in [1.29, 1.82) is 0 Å². The van der Waals surface area contributed by atoms with E-state index < -0.39 is 0 Å². The first-order valence-corrected chi connectivity index (χ1v) is 4.44. The maximum atomic E-state index is 9.77. The molecule has 0 radical (unpaired) electrons. The van der Waals surface area contributed by atoms with Gasteiger partial charge in [0, 0.05) is 11.1 Å². The van der Waals surface area contributed by atoms with Gasteiger partial charge in [-0.3, -0.25) is 0 Å². The number of hydrogen-bond acceptors (Lipinski definition) is 2. The summed E-state index contributed by atoms with van der Waals surface area (Å²) in [5.74, 6) is 0.388. The minimum Gasteiger partial charge on any atom is -0.508 e. The van der Waals surface area contributed by atoms with Crippen LogP contribution < -0.4 is 0 Å². The van der Waals surface area contributed by atoms with E-state index in [0.29, 0.717) is 24.0 Å². The average molecular weight is 190 g/mol. The largest absolute Gasteiger partial charge is 0.508 e. The highest BCUT2D eigenvalue weighted by atomic mass is 16.3. The number of allylic oxidation sites excluding steroid dienone is 2. The van der Waals surface area contributed by atoms with Crippen LogP contribution in [0.5, 0.6) is 11.5 Å². The zero-order valence-corrected chi connectivity index (χ0v) is 8.03. The molecule has 0 spiro atoms. The summed E-state index contributed by atoms with van der Waals surface area (Å²) in [5.41, 5.74) is 1.38. The van der Waals surface area contributed by atoms with Gasteiger partial charge in [-0.05, 0) is 25.0 Å². The fourth-order valence-corrected chi connectivity index (χ4v) is 1.36. The standard InChI is InChI=1S/C12H14O2/c1-3-5-9-7-11(13)8-10(6-4-2)12(9)14/h3-4,7-8,13-14H,1-2,5-6H2. The quantitative estimate of drug-likeness (QED) is 0.566. The Kier molecular flexibility index (Phi) is 3.35. The van der Waals surface area contributed by atoms with E-state index in [-0.39, 0.29) is 11.5 Å². The normalized spacial score (nSPS) is 9.71. The summed E-state index contributed by atoms with van der Waals surface area (Å²) in [6.45, 7) is 7.18. The van der Waals surface area contributed by atoms with Crippen LogP contribution in [0, 0.1) is 0 Å². The molecule has 14 heavy (non-hydrogen) atoms. The number of phenols is 2. The lowest BCUT2D eigenvalue weighted by Crippen LogP contribution is -1.89. The molecule has 2 N–H and O–H groups in total. The molecule has 2 heteroatoms. The first-order chi connectivity index (χ1) is 6.69. The predicted octanol–water partition coefficient (Wildman–Crippen LogP) is 2.55. The van der Waals surface area contributed by atoms with Gasteiger partial charge in [-0.15, -0.1) is 13.2 Å². The Bertz CT molecular complexity index is 322. The van der Waals surface area contributed by atoms with Gasteiger partial charge in [0.05, 0.1) is 0 Å². The lowest BCUT2D eigenvalue weighted by atomic mass is 10.0. The van der Waals surface area contributed by atoms with Crippen LogP contribution in [0.4, 0.5) is 0 Å². The van der Waals surface area contributed by atoms with Gasteiger partial charge in [-0.1, -0.05) is 12.2 Å². The fourth-order valence-electron chi connectivity index (χ4n) is 1.36. The molecule has 0 aliphatic rings. The third-order valence-corrected chi connectivity index (χ3v) is 1.98. The number of aromatic hydroxyl groups is 2. The van der Waals surface area contributed by atoms with Crippen LogP contribution in [0.3, 0.4) is 0 Å². The maximum absolute atomic E-state index is 9.77. The van der Waals surface area contributed by atoms with Crippen molar-refractivity contribution in [2.24, 2.45) is 0 Å². The third-order valence-electron chi connectivity index (χ3n) is 1.98. The van der Waals surface area contributed by atoms with Crippen LogP contribution in [0.25, 0.3) is 0 Å². The molecule has 0 amide bonds. The molecule has 0 fully saturated rings. The Morgan fingerprint density at radius 3 is 1.79 bits per heavy atom. The average Bonchev–Trinajstić information content (AvgIpc) is 2.14. The second-order valence-electron chi connectivity index (χ2n) is 3.10. The second kappa shape index (κ2) is 4.51. The molecule has 0 aliphatic heterocycles. The lowest BCUT2D eigenvalue weighted by molar-refractivity contribution is 0.450. The molecular weight excluding hydrogens is 176 g/mol. The van der Waals surface area contributed by atoms with Crippen molar-refractivity contribution in [3.8, 4) is 11.5 Å². The van der Waals surface area contributed by atoms with E-state index in [1.807, 2.05) is 0 Å². The SMILES string of the molecule is C=CCc1cc(O)cc(CC=C)c1O. The Morgan fingerprint density at radius 2 is 1.43 bits per heavy atom. The van der Waals surface area contributed by atoms with E-state index in [1.54, 1.807) is 24.3 Å². The Labute approximate surface area is 83.8 Å². The van der Waals surface area contributed by atoms with Crippen LogP contribution in [0.15, 0.2) is 37.4 Å². The highest BCUT2D eigenvalue weighted by Gasteiger charge is 2.07. The Morgan fingerprint density at radius 1 is 1.00 bits per heavy atom. The Hall–Kier alpha value is -1.70. The molecule has 0 saturated heterocycles. The van der Waals surface area contributed by atoms with Crippen LogP contribution in [-0.2, 0) is 12.8 Å². The summed E-state index contributed by atoms with van der Waals surface area (Å²) >= 11 is 0. The first kappa shape index (κ1) is 10.4. The van der Waals surface area contributed by atoms with E-state index in [0.717, 1.165) is 0 Å². The summed E-state index contributed by atoms with van der Waals surface area (Å²) in [4.78, 5) is 0. The number of benzene rings is 1. The van der Waals surface area contributed by atoms with Crippen molar-refractivity contribution in [2.45, 2.75) is 12.8 Å². The summed E-state index contributed by atoms with van der Waals surface area (Å²) in [6.07, 6.45) is 4.47. The summed E-state index contributed by atoms with van der Waals surface area (Å²) in [6, 6.07) is 3.09. The van der Waals surface area contributed by atoms with E-state index in [4.69, 9.17) is 0 Å². The van der Waals surface area contributed by atoms with Crippen LogP contribution in [0.2, 0.25) is 0 Å². The summed E-state index contributed by atoms with van der Waals surface area (Å²) in [5, 5.41) is 19.2. The topological polar surface area (TPSA) is 40.5 Å². The third kappa shape index (κ3) is 2.16. The van der Waals surface area contributed by atoms with Crippen molar-refractivity contribution in [1.82, 2.24) is 0 Å². The molecule has 0 unspecified atom stereocenters. The minimum atomic E-state index is 0.163. The molecule has 1 aromatic rings. The van der Waals surface area contributed by atoms with Crippen molar-refractivity contribution < 1.29 is 10.2 Å². The highest BCUT2D eigenvalue weighted by Crippen LogP contribution is 2.28. The van der Waals surface area contributed by atoms with E-state index in [9.17, 15) is 10.2 Å². The molecule has 2 nitrogen and oxygen atoms in total. The van der Waals surface area contributed by atoms with Gasteiger partial charge in [-0.2, -0.15) is 0 Å². The van der Waals surface area contributed by atoms with Crippen LogP contribution in [-0.4, -0.2) is 10.2 Å². The molecule has 0 saturated carbocycles. The van der Waals surface area contributed by atoms with Gasteiger partial charge in [0.1, 0.15) is 11.5 Å². The summed E-state index contributed by atoms with van der Waals surface area (Å²) < 4.78 is 0. The highest BCUT2D eigenvalue weighted by molar-refractivity contribution is 5.47. The molecule has 1 aromatic carbocycles. The molecule has 1 rings (SSSR count). The van der Waals surface area contributed by atoms with Crippen molar-refractivity contribution >= 4 is 0 Å². The van der Waals surface area contributed by atoms with Gasteiger partial charge < -0.3 is 10.2 Å². The zero-order chi connectivity index (χ0) is 10.6. The minimum absolute atomic E-state index is 0.163. The lowest BCUT2D eigenvalue weighted by Gasteiger charge is -2.07. The molecule has 0 heterocycles. The Balaban J connectivity index is 3.16. The van der Waals surface area contributed by atoms with Crippen molar-refractivity contribution in [2.75, 3.05) is 0 Å². The number of phenolic OH excluding ortho intramolecular Hbond substituents is 2. The molecule has 0 atom stereocenters. The van der Waals surface area contributed by atoms with E-state index in [2.05, 4.69) is 13.2 Å². The van der Waals surface area contributed by atoms with Gasteiger partial charge in [-0.25, -0.2) is 0 Å². The molecule has 0 aromatic heterocycles. The smallest absolute Gasteiger partial charge is 0.122 e. The zero-order valence-electron chi connectivity index (χ0n) is 8.03.